The standard InChI is InChI=1S/C51H68N8O8/c1-11-57-41-17-16-33-24-37(41)38(46(57)36-14-12-18-52-44(36)31(6)66-10)25-51(7,8)28-67-50(65)39-15-13-19-59(55-39)49(64)40(22-32-20-34(33)23-35(60)21-32)54-48(63)45(29(2)3)56(9)43(61)26-53-47(62)42-27-58(42)30(4)5/h12,14,16-18,20-21,23-24,29-31,39-40,42,45,55,60H,11,13,15,19,22,25-28H2,1-10H3,(H,53,62)(H,54,63)/t31-,39-,40-,42+,45-,58?/m0/s1. The number of hydrazine groups is 1. The van der Waals surface area contributed by atoms with Crippen molar-refractivity contribution in [2.75, 3.05) is 40.4 Å². The van der Waals surface area contributed by atoms with Gasteiger partial charge in [-0.2, -0.15) is 0 Å². The maximum atomic E-state index is 14.7. The first-order valence-corrected chi connectivity index (χ1v) is 23.6. The molecule has 0 radical (unpaired) electrons. The van der Waals surface area contributed by atoms with Crippen molar-refractivity contribution in [3.8, 4) is 28.1 Å². The van der Waals surface area contributed by atoms with E-state index in [9.17, 15) is 29.1 Å². The number of aryl methyl sites for hydroxylation is 1. The van der Waals surface area contributed by atoms with E-state index in [0.29, 0.717) is 43.5 Å². The van der Waals surface area contributed by atoms with Gasteiger partial charge in [0.2, 0.25) is 17.7 Å². The second-order valence-electron chi connectivity index (χ2n) is 19.8. The summed E-state index contributed by atoms with van der Waals surface area (Å²) < 4.78 is 14.2. The first-order chi connectivity index (χ1) is 31.8. The van der Waals surface area contributed by atoms with E-state index < -0.39 is 47.2 Å². The molecule has 1 unspecified atom stereocenters. The predicted octanol–water partition coefficient (Wildman–Crippen LogP) is 5.14. The van der Waals surface area contributed by atoms with Crippen LogP contribution in [0.4, 0.5) is 0 Å². The number of cyclic esters (lactones) is 1. The van der Waals surface area contributed by atoms with Crippen LogP contribution in [-0.2, 0) is 52.8 Å². The predicted molar refractivity (Wildman–Crippen MR) is 255 cm³/mol. The third kappa shape index (κ3) is 10.7. The van der Waals surface area contributed by atoms with Gasteiger partial charge in [0, 0.05) is 74.3 Å². The summed E-state index contributed by atoms with van der Waals surface area (Å²) in [5, 5.41) is 19.4. The zero-order chi connectivity index (χ0) is 48.5. The number of carbonyl (C=O) groups excluding carboxylic acids is 5. The number of methoxy groups -OCH3 is 1. The molecule has 0 spiro atoms. The van der Waals surface area contributed by atoms with Crippen LogP contribution in [0.15, 0.2) is 54.7 Å². The van der Waals surface area contributed by atoms with Crippen LogP contribution in [0.2, 0.25) is 0 Å². The van der Waals surface area contributed by atoms with Crippen molar-refractivity contribution >= 4 is 40.5 Å². The average Bonchev–Trinajstić information content (AvgIpc) is 4.06. The molecule has 4 N–H and O–H groups in total. The number of fused-ring (bicyclic) bond motifs is 6. The molecular weight excluding hydrogens is 853 g/mol. The number of esters is 1. The fourth-order valence-corrected chi connectivity index (χ4v) is 9.77. The van der Waals surface area contributed by atoms with E-state index in [1.54, 1.807) is 25.4 Å². The average molecular weight is 921 g/mol. The largest absolute Gasteiger partial charge is 0.508 e. The molecule has 2 aromatic heterocycles. The minimum Gasteiger partial charge on any atom is -0.508 e. The molecule has 16 nitrogen and oxygen atoms in total. The zero-order valence-electron chi connectivity index (χ0n) is 40.6. The summed E-state index contributed by atoms with van der Waals surface area (Å²) in [6.45, 7) is 17.2. The third-order valence-corrected chi connectivity index (χ3v) is 13.4. The number of aromatic nitrogens is 2. The van der Waals surface area contributed by atoms with E-state index in [0.717, 1.165) is 39.0 Å². The Morgan fingerprint density at radius 3 is 2.51 bits per heavy atom. The number of ether oxygens (including phenoxy) is 2. The van der Waals surface area contributed by atoms with Gasteiger partial charge in [-0.1, -0.05) is 39.8 Å². The van der Waals surface area contributed by atoms with Crippen LogP contribution in [0.1, 0.15) is 91.2 Å². The van der Waals surface area contributed by atoms with Crippen molar-refractivity contribution < 1.29 is 38.6 Å². The first kappa shape index (κ1) is 49.1. The molecule has 16 heteroatoms. The Morgan fingerprint density at radius 1 is 1.06 bits per heavy atom. The summed E-state index contributed by atoms with van der Waals surface area (Å²) in [5.74, 6) is -2.63. The number of pyridine rings is 1. The van der Waals surface area contributed by atoms with Gasteiger partial charge < -0.3 is 34.7 Å². The van der Waals surface area contributed by atoms with E-state index in [2.05, 4.69) is 59.6 Å². The van der Waals surface area contributed by atoms with Crippen molar-refractivity contribution in [1.82, 2.24) is 40.4 Å². The van der Waals surface area contributed by atoms with Crippen molar-refractivity contribution in [2.24, 2.45) is 11.3 Å². The van der Waals surface area contributed by atoms with Crippen molar-refractivity contribution in [3.63, 3.8) is 0 Å². The Kier molecular flexibility index (Phi) is 14.8. The molecule has 3 aliphatic heterocycles. The fraction of sp³-hybridized carbons (Fsp3) is 0.529. The summed E-state index contributed by atoms with van der Waals surface area (Å²) in [7, 11) is 3.19. The van der Waals surface area contributed by atoms with Gasteiger partial charge in [-0.15, -0.1) is 0 Å². The lowest BCUT2D eigenvalue weighted by atomic mass is 9.84. The highest BCUT2D eigenvalue weighted by atomic mass is 16.5. The molecule has 3 aliphatic rings. The fourth-order valence-electron chi connectivity index (χ4n) is 9.77. The lowest BCUT2D eigenvalue weighted by Crippen LogP contribution is -2.62. The number of nitrogens with zero attached hydrogens (tertiary/aromatic N) is 5. The number of rotatable bonds is 12. The Morgan fingerprint density at radius 2 is 1.82 bits per heavy atom. The van der Waals surface area contributed by atoms with Crippen LogP contribution < -0.4 is 16.1 Å². The van der Waals surface area contributed by atoms with Crippen LogP contribution in [0.25, 0.3) is 33.3 Å². The van der Waals surface area contributed by atoms with Crippen LogP contribution in [0.3, 0.4) is 0 Å². The first-order valence-electron chi connectivity index (χ1n) is 23.6. The van der Waals surface area contributed by atoms with Gasteiger partial charge in [0.25, 0.3) is 5.91 Å². The number of hydrogen-bond donors (Lipinski definition) is 4. The minimum absolute atomic E-state index is 0.0182. The SMILES string of the molecule is CCn1c(-c2cccnc2[C@H](C)OC)c2c3cc(ccc31)-c1cc(O)cc(c1)C[C@H](NC(=O)[C@H](C(C)C)N(C)C(=O)CNC(=O)[C@H]1CN1C(C)C)C(=O)N1CCC[C@H](N1)C(=O)OCC(C)(C)C2. The summed E-state index contributed by atoms with van der Waals surface area (Å²) >= 11 is 0. The molecule has 6 bridgehead atoms. The summed E-state index contributed by atoms with van der Waals surface area (Å²) in [5.41, 5.74) is 9.48. The van der Waals surface area contributed by atoms with Gasteiger partial charge in [0.15, 0.2) is 0 Å². The monoisotopic (exact) mass is 921 g/mol. The minimum atomic E-state index is -1.18. The molecule has 4 aromatic rings. The molecule has 6 atom stereocenters. The Bertz CT molecular complexity index is 2520. The maximum Gasteiger partial charge on any atom is 0.324 e. The van der Waals surface area contributed by atoms with Crippen LogP contribution in [-0.4, -0.2) is 130 Å². The molecule has 2 saturated heterocycles. The molecular formula is C51H68N8O8. The van der Waals surface area contributed by atoms with Gasteiger partial charge in [0.05, 0.1) is 30.6 Å². The second kappa shape index (κ2) is 20.2. The number of likely N-dealkylation sites (N-methyl/N-ethyl adjacent to an activating group) is 1. The van der Waals surface area contributed by atoms with Crippen LogP contribution >= 0.6 is 0 Å². The van der Waals surface area contributed by atoms with E-state index in [1.807, 2.05) is 57.7 Å². The molecule has 7 rings (SSSR count). The molecule has 5 heterocycles. The van der Waals surface area contributed by atoms with Gasteiger partial charge in [-0.05, 0) is 112 Å². The smallest absolute Gasteiger partial charge is 0.324 e. The van der Waals surface area contributed by atoms with Crippen molar-refractivity contribution in [3.05, 3.63) is 71.5 Å². The van der Waals surface area contributed by atoms with Gasteiger partial charge in [0.1, 0.15) is 29.9 Å². The van der Waals surface area contributed by atoms with E-state index in [1.165, 1.54) is 17.0 Å². The lowest BCUT2D eigenvalue weighted by molar-refractivity contribution is -0.155. The lowest BCUT2D eigenvalue weighted by Gasteiger charge is -2.36. The topological polar surface area (TPSA) is 187 Å². The molecule has 2 fully saturated rings. The Balaban J connectivity index is 1.27. The van der Waals surface area contributed by atoms with Crippen LogP contribution in [0, 0.1) is 11.3 Å². The summed E-state index contributed by atoms with van der Waals surface area (Å²) in [6.07, 6.45) is 2.94. The second-order valence-corrected chi connectivity index (χ2v) is 19.8. The number of phenols is 1. The summed E-state index contributed by atoms with van der Waals surface area (Å²) in [4.78, 5) is 77.5. The quantitative estimate of drug-likeness (QED) is 0.109. The number of carbonyl (C=O) groups is 5. The molecule has 0 aliphatic carbocycles. The number of hydrogen-bond acceptors (Lipinski definition) is 11. The molecule has 2 aromatic carbocycles. The molecule has 0 saturated carbocycles. The van der Waals surface area contributed by atoms with Gasteiger partial charge in [-0.25, -0.2) is 5.43 Å². The highest BCUT2D eigenvalue weighted by Crippen LogP contribution is 2.42. The molecule has 360 valence electrons. The Labute approximate surface area is 393 Å². The summed E-state index contributed by atoms with van der Waals surface area (Å²) in [6, 6.07) is 12.3. The zero-order valence-corrected chi connectivity index (χ0v) is 40.6. The number of nitrogens with one attached hydrogen (secondary N) is 3. The van der Waals surface area contributed by atoms with E-state index in [-0.39, 0.29) is 61.9 Å². The third-order valence-electron chi connectivity index (χ3n) is 13.4. The molecule has 4 amide bonds. The van der Waals surface area contributed by atoms with Crippen molar-refractivity contribution in [2.45, 2.75) is 124 Å². The Hall–Kier alpha value is -5.84. The van der Waals surface area contributed by atoms with Crippen LogP contribution in [0.5, 0.6) is 5.75 Å². The van der Waals surface area contributed by atoms with E-state index in [4.69, 9.17) is 14.5 Å². The number of aromatic hydroxyl groups is 1. The van der Waals surface area contributed by atoms with Gasteiger partial charge in [-0.3, -0.25) is 38.9 Å². The van der Waals surface area contributed by atoms with E-state index >= 15 is 0 Å². The normalized spacial score (nSPS) is 21.6. The maximum absolute atomic E-state index is 14.7. The highest BCUT2D eigenvalue weighted by molar-refractivity contribution is 5.96. The van der Waals surface area contributed by atoms with Gasteiger partial charge >= 0.3 is 5.97 Å². The number of phenolic OH excluding ortho intramolecular Hbond substituents is 1. The van der Waals surface area contributed by atoms with Crippen molar-refractivity contribution in [1.29, 1.82) is 0 Å². The number of amides is 4. The molecule has 67 heavy (non-hydrogen) atoms. The number of benzene rings is 2. The highest BCUT2D eigenvalue weighted by Gasteiger charge is 2.42.